The fraction of sp³-hybridized carbons (Fsp3) is 0.300. The van der Waals surface area contributed by atoms with Crippen molar-refractivity contribution in [1.29, 1.82) is 0 Å². The van der Waals surface area contributed by atoms with Gasteiger partial charge in [-0.25, -0.2) is 4.39 Å². The van der Waals surface area contributed by atoms with Crippen LogP contribution >= 0.6 is 15.9 Å². The average Bonchev–Trinajstić information content (AvgIpc) is 2.23. The molecule has 0 saturated carbocycles. The van der Waals surface area contributed by atoms with Crippen LogP contribution in [-0.4, -0.2) is 18.2 Å². The Labute approximate surface area is 99.2 Å². The van der Waals surface area contributed by atoms with Gasteiger partial charge in [-0.15, -0.1) is 0 Å². The summed E-state index contributed by atoms with van der Waals surface area (Å²) < 4.78 is 31.2. The van der Waals surface area contributed by atoms with Gasteiger partial charge in [0, 0.05) is 6.42 Å². The Bertz CT molecular complexity index is 421. The summed E-state index contributed by atoms with van der Waals surface area (Å²) in [5.41, 5.74) is 0.315. The van der Waals surface area contributed by atoms with Crippen LogP contribution in [0.2, 0.25) is 0 Å². The van der Waals surface area contributed by atoms with Gasteiger partial charge in [0.15, 0.2) is 11.6 Å². The fourth-order valence-electron chi connectivity index (χ4n) is 1.28. The molecule has 0 amide bonds. The minimum absolute atomic E-state index is 0.0498. The van der Waals surface area contributed by atoms with Crippen LogP contribution in [0.4, 0.5) is 8.78 Å². The number of benzene rings is 1. The predicted octanol–water partition coefficient (Wildman–Crippen LogP) is 2.75. The summed E-state index contributed by atoms with van der Waals surface area (Å²) in [5.74, 6) is -3.42. The lowest BCUT2D eigenvalue weighted by molar-refractivity contribution is -0.136. The zero-order chi connectivity index (χ0) is 12.3. The number of hydrogen-bond donors (Lipinski definition) is 1. The van der Waals surface area contributed by atoms with Gasteiger partial charge in [-0.2, -0.15) is 4.39 Å². The Morgan fingerprint density at radius 1 is 1.50 bits per heavy atom. The van der Waals surface area contributed by atoms with Gasteiger partial charge >= 0.3 is 5.97 Å². The summed E-state index contributed by atoms with van der Waals surface area (Å²) in [5, 5.41) is 8.51. The highest BCUT2D eigenvalue weighted by atomic mass is 79.9. The second kappa shape index (κ2) is 5.25. The summed E-state index contributed by atoms with van der Waals surface area (Å²) in [4.78, 5) is 10.4. The van der Waals surface area contributed by atoms with E-state index in [2.05, 4.69) is 15.9 Å². The molecule has 88 valence electrons. The van der Waals surface area contributed by atoms with Crippen LogP contribution in [0.5, 0.6) is 5.75 Å². The zero-order valence-corrected chi connectivity index (χ0v) is 9.98. The van der Waals surface area contributed by atoms with Crippen LogP contribution in [0.25, 0.3) is 0 Å². The van der Waals surface area contributed by atoms with Crippen molar-refractivity contribution < 1.29 is 23.4 Å². The third kappa shape index (κ3) is 2.69. The number of ether oxygens (including phenoxy) is 1. The number of carboxylic acids is 1. The molecule has 0 aliphatic rings. The number of aliphatic carboxylic acids is 1. The number of carbonyl (C=O) groups is 1. The summed E-state index contributed by atoms with van der Waals surface area (Å²) in [6, 6.07) is 1.32. The first-order valence-corrected chi connectivity index (χ1v) is 5.18. The monoisotopic (exact) mass is 294 g/mol. The molecule has 3 nitrogen and oxygen atoms in total. The lowest BCUT2D eigenvalue weighted by atomic mass is 10.1. The number of rotatable bonds is 4. The van der Waals surface area contributed by atoms with Crippen LogP contribution in [0.3, 0.4) is 0 Å². The van der Waals surface area contributed by atoms with Crippen molar-refractivity contribution in [2.75, 3.05) is 7.11 Å². The van der Waals surface area contributed by atoms with E-state index in [1.54, 1.807) is 0 Å². The van der Waals surface area contributed by atoms with Crippen LogP contribution < -0.4 is 4.74 Å². The molecule has 0 aromatic heterocycles. The van der Waals surface area contributed by atoms with E-state index in [0.717, 1.165) is 0 Å². The molecule has 1 aromatic rings. The molecule has 0 heterocycles. The Hall–Kier alpha value is -1.17. The van der Waals surface area contributed by atoms with E-state index in [4.69, 9.17) is 9.84 Å². The zero-order valence-electron chi connectivity index (χ0n) is 8.39. The molecule has 0 radical (unpaired) electrons. The quantitative estimate of drug-likeness (QED) is 0.869. The standard InChI is InChI=1S/C10H9BrF2O3/c1-16-10-5(2-3-7(14)15)4-6(11)8(12)9(10)13/h4H,2-3H2,1H3,(H,14,15). The minimum Gasteiger partial charge on any atom is -0.493 e. The molecule has 1 aromatic carbocycles. The Kier molecular flexibility index (Phi) is 4.23. The molecule has 0 aliphatic carbocycles. The Morgan fingerprint density at radius 3 is 2.62 bits per heavy atom. The van der Waals surface area contributed by atoms with Gasteiger partial charge in [0.25, 0.3) is 0 Å². The first-order chi connectivity index (χ1) is 7.47. The Morgan fingerprint density at radius 2 is 2.12 bits per heavy atom. The molecular weight excluding hydrogens is 286 g/mol. The first-order valence-electron chi connectivity index (χ1n) is 4.39. The van der Waals surface area contributed by atoms with E-state index in [-0.39, 0.29) is 23.1 Å². The predicted molar refractivity (Wildman–Crippen MR) is 56.6 cm³/mol. The molecule has 0 bridgehead atoms. The number of carboxylic acid groups (broad SMARTS) is 1. The third-order valence-electron chi connectivity index (χ3n) is 2.01. The van der Waals surface area contributed by atoms with Crippen LogP contribution in [-0.2, 0) is 11.2 Å². The molecule has 1 rings (SSSR count). The maximum Gasteiger partial charge on any atom is 0.303 e. The Balaban J connectivity index is 3.12. The van der Waals surface area contributed by atoms with Crippen molar-refractivity contribution in [3.05, 3.63) is 27.7 Å². The van der Waals surface area contributed by atoms with Crippen molar-refractivity contribution in [3.63, 3.8) is 0 Å². The second-order valence-electron chi connectivity index (χ2n) is 3.07. The number of aryl methyl sites for hydroxylation is 1. The van der Waals surface area contributed by atoms with Gasteiger partial charge in [-0.1, -0.05) is 0 Å². The summed E-state index contributed by atoms with van der Waals surface area (Å²) in [6.07, 6.45) is -0.0951. The highest BCUT2D eigenvalue weighted by molar-refractivity contribution is 9.10. The lowest BCUT2D eigenvalue weighted by Gasteiger charge is -2.10. The highest BCUT2D eigenvalue weighted by Gasteiger charge is 2.18. The minimum atomic E-state index is -1.11. The molecule has 0 spiro atoms. The van der Waals surface area contributed by atoms with E-state index < -0.39 is 17.6 Å². The van der Waals surface area contributed by atoms with Gasteiger partial charge in [-0.05, 0) is 34.0 Å². The molecule has 0 aliphatic heterocycles. The number of methoxy groups -OCH3 is 1. The lowest BCUT2D eigenvalue weighted by Crippen LogP contribution is -2.03. The third-order valence-corrected chi connectivity index (χ3v) is 2.58. The molecule has 16 heavy (non-hydrogen) atoms. The summed E-state index contributed by atoms with van der Waals surface area (Å²) in [6.45, 7) is 0. The maximum absolute atomic E-state index is 13.4. The van der Waals surface area contributed by atoms with Crippen molar-refractivity contribution in [3.8, 4) is 5.75 Å². The van der Waals surface area contributed by atoms with E-state index in [0.29, 0.717) is 5.56 Å². The second-order valence-corrected chi connectivity index (χ2v) is 3.93. The molecule has 0 saturated heterocycles. The van der Waals surface area contributed by atoms with E-state index in [9.17, 15) is 13.6 Å². The molecular formula is C10H9BrF2O3. The van der Waals surface area contributed by atoms with Crippen molar-refractivity contribution in [1.82, 2.24) is 0 Å². The molecule has 6 heteroatoms. The van der Waals surface area contributed by atoms with Gasteiger partial charge in [0.2, 0.25) is 5.82 Å². The topological polar surface area (TPSA) is 46.5 Å². The van der Waals surface area contributed by atoms with Crippen molar-refractivity contribution in [2.24, 2.45) is 0 Å². The van der Waals surface area contributed by atoms with Gasteiger partial charge in [0.1, 0.15) is 0 Å². The van der Waals surface area contributed by atoms with Crippen molar-refractivity contribution >= 4 is 21.9 Å². The number of hydrogen-bond acceptors (Lipinski definition) is 2. The van der Waals surface area contributed by atoms with Gasteiger partial charge in [-0.3, -0.25) is 4.79 Å². The largest absolute Gasteiger partial charge is 0.493 e. The highest BCUT2D eigenvalue weighted by Crippen LogP contribution is 2.31. The summed E-state index contributed by atoms with van der Waals surface area (Å²) >= 11 is 2.85. The normalized spacial score (nSPS) is 10.2. The molecule has 0 fully saturated rings. The SMILES string of the molecule is COc1c(CCC(=O)O)cc(Br)c(F)c1F. The van der Waals surface area contributed by atoms with Crippen LogP contribution in [0, 0.1) is 11.6 Å². The molecule has 0 atom stereocenters. The smallest absolute Gasteiger partial charge is 0.303 e. The average molecular weight is 295 g/mol. The van der Waals surface area contributed by atoms with E-state index in [1.807, 2.05) is 0 Å². The maximum atomic E-state index is 13.4. The van der Waals surface area contributed by atoms with Gasteiger partial charge in [0.05, 0.1) is 11.6 Å². The molecule has 1 N–H and O–H groups in total. The van der Waals surface area contributed by atoms with E-state index in [1.165, 1.54) is 13.2 Å². The summed E-state index contributed by atoms with van der Waals surface area (Å²) in [7, 11) is 1.20. The van der Waals surface area contributed by atoms with Crippen LogP contribution in [0.1, 0.15) is 12.0 Å². The first kappa shape index (κ1) is 12.9. The fourth-order valence-corrected chi connectivity index (χ4v) is 1.73. The van der Waals surface area contributed by atoms with Gasteiger partial charge < -0.3 is 9.84 Å². The van der Waals surface area contributed by atoms with E-state index >= 15 is 0 Å². The van der Waals surface area contributed by atoms with Crippen LogP contribution in [0.15, 0.2) is 10.5 Å². The molecule has 0 unspecified atom stereocenters. The number of halogens is 3. The van der Waals surface area contributed by atoms with Crippen molar-refractivity contribution in [2.45, 2.75) is 12.8 Å².